The fourth-order valence-corrected chi connectivity index (χ4v) is 3.79. The van der Waals surface area contributed by atoms with Gasteiger partial charge in [-0.2, -0.15) is 10.1 Å². The molecule has 1 aliphatic heterocycles. The van der Waals surface area contributed by atoms with Gasteiger partial charge < -0.3 is 10.5 Å². The van der Waals surface area contributed by atoms with Crippen LogP contribution in [-0.2, 0) is 16.7 Å². The number of morpholine rings is 1. The number of rotatable bonds is 7. The third-order valence-electron chi connectivity index (χ3n) is 5.98. The third kappa shape index (κ3) is 5.17. The summed E-state index contributed by atoms with van der Waals surface area (Å²) in [7, 11) is 0. The normalized spacial score (nSPS) is 17.8. The molecule has 1 fully saturated rings. The topological polar surface area (TPSA) is 85.7 Å². The number of aliphatic imine (C=N–C) groups is 1. The Balaban J connectivity index is 1.72. The summed E-state index contributed by atoms with van der Waals surface area (Å²) < 4.78 is 8.14. The first-order valence-corrected chi connectivity index (χ1v) is 11.1. The zero-order valence-electron chi connectivity index (χ0n) is 17.8. The highest BCUT2D eigenvalue weighted by Crippen LogP contribution is 2.33. The van der Waals surface area contributed by atoms with Crippen LogP contribution in [0.15, 0.2) is 46.1 Å². The summed E-state index contributed by atoms with van der Waals surface area (Å²) in [6, 6.07) is 7.98. The molecule has 1 aliphatic rings. The van der Waals surface area contributed by atoms with Gasteiger partial charge in [-0.3, -0.25) is 14.4 Å². The zero-order valence-corrected chi connectivity index (χ0v) is 19.4. The van der Waals surface area contributed by atoms with Crippen LogP contribution in [0.5, 0.6) is 0 Å². The maximum atomic E-state index is 12.8. The standard InChI is InChI=1S/C22H30BrN5O2/c1-16(2)22(3,18-4-6-19(23)7-5-18)21(24)26-20(29)17-14-25-28(15-17)9-8-27-10-12-30-13-11-27/h4-7,14-16H,8-13H2,1-3H3,(H2,24,26,29). The quantitative estimate of drug-likeness (QED) is 0.491. The maximum Gasteiger partial charge on any atom is 0.281 e. The van der Waals surface area contributed by atoms with Gasteiger partial charge in [-0.1, -0.05) is 41.9 Å². The molecule has 8 heteroatoms. The summed E-state index contributed by atoms with van der Waals surface area (Å²) in [4.78, 5) is 19.4. The minimum absolute atomic E-state index is 0.159. The van der Waals surface area contributed by atoms with Crippen molar-refractivity contribution in [3.8, 4) is 0 Å². The Kier molecular flexibility index (Phi) is 7.44. The van der Waals surface area contributed by atoms with Crippen molar-refractivity contribution < 1.29 is 9.53 Å². The van der Waals surface area contributed by atoms with Crippen molar-refractivity contribution in [1.29, 1.82) is 0 Å². The van der Waals surface area contributed by atoms with E-state index in [-0.39, 0.29) is 11.8 Å². The van der Waals surface area contributed by atoms with Crippen molar-refractivity contribution in [1.82, 2.24) is 14.7 Å². The number of benzene rings is 1. The van der Waals surface area contributed by atoms with Gasteiger partial charge in [0.05, 0.1) is 36.9 Å². The maximum absolute atomic E-state index is 12.8. The summed E-state index contributed by atoms with van der Waals surface area (Å²) in [5.41, 5.74) is 7.31. The molecule has 3 rings (SSSR count). The van der Waals surface area contributed by atoms with E-state index >= 15 is 0 Å². The molecule has 0 saturated carbocycles. The Morgan fingerprint density at radius 2 is 1.93 bits per heavy atom. The number of amidine groups is 1. The summed E-state index contributed by atoms with van der Waals surface area (Å²) in [5, 5.41) is 4.32. The predicted molar refractivity (Wildman–Crippen MR) is 122 cm³/mol. The molecule has 1 unspecified atom stereocenters. The molecule has 0 bridgehead atoms. The zero-order chi connectivity index (χ0) is 21.7. The molecule has 0 spiro atoms. The van der Waals surface area contributed by atoms with E-state index < -0.39 is 5.41 Å². The Bertz CT molecular complexity index is 887. The average Bonchev–Trinajstić information content (AvgIpc) is 3.22. The van der Waals surface area contributed by atoms with E-state index in [2.05, 4.69) is 44.8 Å². The first kappa shape index (κ1) is 22.7. The lowest BCUT2D eigenvalue weighted by atomic mass is 9.72. The second-order valence-corrected chi connectivity index (χ2v) is 9.03. The average molecular weight is 476 g/mol. The van der Waals surface area contributed by atoms with Crippen LogP contribution in [0.4, 0.5) is 0 Å². The van der Waals surface area contributed by atoms with Crippen molar-refractivity contribution in [2.45, 2.75) is 32.7 Å². The lowest BCUT2D eigenvalue weighted by Crippen LogP contribution is -2.43. The van der Waals surface area contributed by atoms with E-state index in [0.29, 0.717) is 11.4 Å². The molecule has 0 aliphatic carbocycles. The molecule has 1 aromatic heterocycles. The first-order valence-electron chi connectivity index (χ1n) is 10.3. The summed E-state index contributed by atoms with van der Waals surface area (Å²) in [6.45, 7) is 11.2. The van der Waals surface area contributed by atoms with Gasteiger partial charge in [-0.05, 0) is 30.5 Å². The van der Waals surface area contributed by atoms with Crippen LogP contribution < -0.4 is 5.73 Å². The Labute approximate surface area is 186 Å². The van der Waals surface area contributed by atoms with E-state index in [4.69, 9.17) is 10.5 Å². The monoisotopic (exact) mass is 475 g/mol. The third-order valence-corrected chi connectivity index (χ3v) is 6.51. The first-order chi connectivity index (χ1) is 14.3. The van der Waals surface area contributed by atoms with Gasteiger partial charge in [0, 0.05) is 30.3 Å². The van der Waals surface area contributed by atoms with E-state index in [1.165, 1.54) is 0 Å². The van der Waals surface area contributed by atoms with Gasteiger partial charge in [-0.15, -0.1) is 0 Å². The molecule has 2 N–H and O–H groups in total. The predicted octanol–water partition coefficient (Wildman–Crippen LogP) is 3.09. The number of amides is 1. The molecule has 1 amide bonds. The van der Waals surface area contributed by atoms with E-state index in [9.17, 15) is 4.79 Å². The molecule has 2 heterocycles. The lowest BCUT2D eigenvalue weighted by molar-refractivity contribution is 0.0359. The second-order valence-electron chi connectivity index (χ2n) is 8.11. The number of carbonyl (C=O) groups is 1. The Morgan fingerprint density at radius 1 is 1.27 bits per heavy atom. The van der Waals surface area contributed by atoms with Gasteiger partial charge in [0.25, 0.3) is 5.91 Å². The number of nitrogens with zero attached hydrogens (tertiary/aromatic N) is 4. The largest absolute Gasteiger partial charge is 0.386 e. The highest BCUT2D eigenvalue weighted by molar-refractivity contribution is 9.10. The van der Waals surface area contributed by atoms with Gasteiger partial charge in [-0.25, -0.2) is 0 Å². The molecule has 30 heavy (non-hydrogen) atoms. The molecular weight excluding hydrogens is 446 g/mol. The molecular formula is C22H30BrN5O2. The van der Waals surface area contributed by atoms with Gasteiger partial charge in [0.2, 0.25) is 0 Å². The Hall–Kier alpha value is -2.03. The number of hydrogen-bond donors (Lipinski definition) is 1. The van der Waals surface area contributed by atoms with Crippen LogP contribution in [0.3, 0.4) is 0 Å². The Morgan fingerprint density at radius 3 is 2.57 bits per heavy atom. The van der Waals surface area contributed by atoms with Crippen molar-refractivity contribution in [2.75, 3.05) is 32.8 Å². The van der Waals surface area contributed by atoms with E-state index in [1.54, 1.807) is 17.1 Å². The van der Waals surface area contributed by atoms with E-state index in [1.807, 2.05) is 31.2 Å². The minimum atomic E-state index is -0.553. The van der Waals surface area contributed by atoms with Crippen molar-refractivity contribution >= 4 is 27.7 Å². The van der Waals surface area contributed by atoms with E-state index in [0.717, 1.165) is 49.4 Å². The smallest absolute Gasteiger partial charge is 0.281 e. The number of ether oxygens (including phenoxy) is 1. The number of aromatic nitrogens is 2. The number of hydrogen-bond acceptors (Lipinski definition) is 4. The van der Waals surface area contributed by atoms with Crippen LogP contribution in [0, 0.1) is 5.92 Å². The van der Waals surface area contributed by atoms with Crippen molar-refractivity contribution in [3.05, 3.63) is 52.3 Å². The van der Waals surface area contributed by atoms with Crippen LogP contribution in [-0.4, -0.2) is 59.3 Å². The molecule has 1 aromatic carbocycles. The molecule has 0 radical (unpaired) electrons. The number of nitrogens with two attached hydrogens (primary N) is 1. The highest BCUT2D eigenvalue weighted by atomic mass is 79.9. The van der Waals surface area contributed by atoms with Crippen LogP contribution in [0.2, 0.25) is 0 Å². The SMILES string of the molecule is CC(C)C(C)(C(N)=NC(=O)c1cnn(CCN2CCOCC2)c1)c1ccc(Br)cc1. The second kappa shape index (κ2) is 9.85. The number of halogens is 1. The summed E-state index contributed by atoms with van der Waals surface area (Å²) in [6.07, 6.45) is 3.30. The van der Waals surface area contributed by atoms with Crippen molar-refractivity contribution in [3.63, 3.8) is 0 Å². The highest BCUT2D eigenvalue weighted by Gasteiger charge is 2.35. The number of carbonyl (C=O) groups excluding carboxylic acids is 1. The van der Waals surface area contributed by atoms with Gasteiger partial charge >= 0.3 is 0 Å². The molecule has 1 atom stereocenters. The summed E-state index contributed by atoms with van der Waals surface area (Å²) in [5.74, 6) is 0.103. The van der Waals surface area contributed by atoms with Crippen molar-refractivity contribution in [2.24, 2.45) is 16.6 Å². The summed E-state index contributed by atoms with van der Waals surface area (Å²) >= 11 is 3.46. The molecule has 1 saturated heterocycles. The fourth-order valence-electron chi connectivity index (χ4n) is 3.53. The van der Waals surface area contributed by atoms with Crippen LogP contribution in [0.25, 0.3) is 0 Å². The van der Waals surface area contributed by atoms with Gasteiger partial charge in [0.15, 0.2) is 0 Å². The lowest BCUT2D eigenvalue weighted by Gasteiger charge is -2.33. The molecule has 7 nitrogen and oxygen atoms in total. The van der Waals surface area contributed by atoms with Gasteiger partial charge in [0.1, 0.15) is 5.84 Å². The van der Waals surface area contributed by atoms with Crippen LogP contribution >= 0.6 is 15.9 Å². The molecule has 2 aromatic rings. The van der Waals surface area contributed by atoms with Crippen LogP contribution in [0.1, 0.15) is 36.7 Å². The fraction of sp³-hybridized carbons (Fsp3) is 0.500. The molecule has 162 valence electrons. The minimum Gasteiger partial charge on any atom is -0.386 e.